The molecule has 0 aromatic heterocycles. The largest absolute Gasteiger partial charge is 0.481 e. The molecule has 1 N–H and O–H groups in total. The highest BCUT2D eigenvalue weighted by molar-refractivity contribution is 5.76. The molecule has 17 heavy (non-hydrogen) atoms. The zero-order valence-corrected chi connectivity index (χ0v) is 10.4. The summed E-state index contributed by atoms with van der Waals surface area (Å²) in [6.45, 7) is 1.96. The Bertz CT molecular complexity index is 267. The molecule has 1 rings (SSSR count). The van der Waals surface area contributed by atoms with Crippen molar-refractivity contribution in [1.82, 2.24) is 4.90 Å². The molecular weight excluding hydrogens is 222 g/mol. The maximum Gasteiger partial charge on any atom is 0.303 e. The molecule has 1 aliphatic rings. The van der Waals surface area contributed by atoms with Crippen molar-refractivity contribution in [2.75, 3.05) is 26.8 Å². The molecule has 0 bridgehead atoms. The van der Waals surface area contributed by atoms with Crippen LogP contribution in [-0.2, 0) is 14.3 Å². The quantitative estimate of drug-likeness (QED) is 0.759. The molecule has 0 radical (unpaired) electrons. The number of methoxy groups -OCH3 is 1. The first-order valence-corrected chi connectivity index (χ1v) is 6.12. The van der Waals surface area contributed by atoms with E-state index in [1.807, 2.05) is 4.90 Å². The third-order valence-electron chi connectivity index (χ3n) is 3.16. The van der Waals surface area contributed by atoms with Crippen molar-refractivity contribution in [3.63, 3.8) is 0 Å². The van der Waals surface area contributed by atoms with E-state index in [0.717, 1.165) is 19.4 Å². The average molecular weight is 243 g/mol. The fourth-order valence-electron chi connectivity index (χ4n) is 2.20. The summed E-state index contributed by atoms with van der Waals surface area (Å²) < 4.78 is 4.88. The van der Waals surface area contributed by atoms with Gasteiger partial charge in [0.15, 0.2) is 0 Å². The molecule has 0 unspecified atom stereocenters. The molecular formula is C12H21NO4. The Hall–Kier alpha value is -1.10. The van der Waals surface area contributed by atoms with Crippen molar-refractivity contribution >= 4 is 11.9 Å². The van der Waals surface area contributed by atoms with Crippen molar-refractivity contribution in [3.05, 3.63) is 0 Å². The van der Waals surface area contributed by atoms with Gasteiger partial charge in [0.2, 0.25) is 5.91 Å². The van der Waals surface area contributed by atoms with Crippen molar-refractivity contribution in [2.24, 2.45) is 5.92 Å². The topological polar surface area (TPSA) is 66.8 Å². The summed E-state index contributed by atoms with van der Waals surface area (Å²) in [4.78, 5) is 24.1. The van der Waals surface area contributed by atoms with Gasteiger partial charge in [-0.3, -0.25) is 9.59 Å². The van der Waals surface area contributed by atoms with Gasteiger partial charge >= 0.3 is 5.97 Å². The van der Waals surface area contributed by atoms with Crippen LogP contribution in [0, 0.1) is 5.92 Å². The lowest BCUT2D eigenvalue weighted by Gasteiger charge is -2.32. The van der Waals surface area contributed by atoms with Crippen LogP contribution >= 0.6 is 0 Å². The van der Waals surface area contributed by atoms with Gasteiger partial charge in [-0.05, 0) is 25.2 Å². The second-order valence-corrected chi connectivity index (χ2v) is 4.52. The second-order valence-electron chi connectivity index (χ2n) is 4.52. The minimum atomic E-state index is -0.757. The molecule has 5 heteroatoms. The maximum absolute atomic E-state index is 11.8. The molecule has 0 saturated carbocycles. The molecule has 1 atom stereocenters. The number of carboxylic acids is 1. The number of hydrogen-bond acceptors (Lipinski definition) is 3. The van der Waals surface area contributed by atoms with Gasteiger partial charge in [0, 0.05) is 26.6 Å². The van der Waals surface area contributed by atoms with Crippen LogP contribution in [0.15, 0.2) is 0 Å². The van der Waals surface area contributed by atoms with Crippen molar-refractivity contribution in [1.29, 1.82) is 0 Å². The first-order chi connectivity index (χ1) is 8.13. The molecule has 0 aromatic rings. The van der Waals surface area contributed by atoms with Crippen LogP contribution in [-0.4, -0.2) is 48.7 Å². The van der Waals surface area contributed by atoms with Gasteiger partial charge < -0.3 is 14.7 Å². The zero-order chi connectivity index (χ0) is 12.7. The van der Waals surface area contributed by atoms with Crippen molar-refractivity contribution < 1.29 is 19.4 Å². The Morgan fingerprint density at radius 2 is 2.18 bits per heavy atom. The van der Waals surface area contributed by atoms with Crippen LogP contribution < -0.4 is 0 Å². The number of carbonyl (C=O) groups is 2. The van der Waals surface area contributed by atoms with Crippen LogP contribution in [0.3, 0.4) is 0 Å². The lowest BCUT2D eigenvalue weighted by molar-refractivity contribution is -0.137. The van der Waals surface area contributed by atoms with Gasteiger partial charge in [-0.1, -0.05) is 0 Å². The number of carbonyl (C=O) groups excluding carboxylic acids is 1. The van der Waals surface area contributed by atoms with E-state index in [1.54, 1.807) is 7.11 Å². The summed E-state index contributed by atoms with van der Waals surface area (Å²) in [5, 5.41) is 8.64. The lowest BCUT2D eigenvalue weighted by Crippen LogP contribution is -2.40. The maximum atomic E-state index is 11.8. The SMILES string of the molecule is COCCC(=O)N1CCC[C@@H](CCC(=O)O)C1. The summed E-state index contributed by atoms with van der Waals surface area (Å²) >= 11 is 0. The molecule has 0 spiro atoms. The van der Waals surface area contributed by atoms with Gasteiger partial charge in [0.1, 0.15) is 0 Å². The number of rotatable bonds is 6. The van der Waals surface area contributed by atoms with Crippen molar-refractivity contribution in [3.8, 4) is 0 Å². The van der Waals surface area contributed by atoms with E-state index < -0.39 is 5.97 Å². The number of aliphatic carboxylic acids is 1. The molecule has 1 fully saturated rings. The minimum absolute atomic E-state index is 0.117. The number of amides is 1. The summed E-state index contributed by atoms with van der Waals surface area (Å²) in [6.07, 6.45) is 3.29. The summed E-state index contributed by atoms with van der Waals surface area (Å²) in [7, 11) is 1.58. The highest BCUT2D eigenvalue weighted by Gasteiger charge is 2.23. The van der Waals surface area contributed by atoms with E-state index in [0.29, 0.717) is 31.9 Å². The molecule has 1 saturated heterocycles. The number of likely N-dealkylation sites (tertiary alicyclic amines) is 1. The van der Waals surface area contributed by atoms with Crippen LogP contribution in [0.25, 0.3) is 0 Å². The number of ether oxygens (including phenoxy) is 1. The van der Waals surface area contributed by atoms with E-state index in [-0.39, 0.29) is 12.3 Å². The Morgan fingerprint density at radius 1 is 1.41 bits per heavy atom. The van der Waals surface area contributed by atoms with Crippen molar-refractivity contribution in [2.45, 2.75) is 32.1 Å². The zero-order valence-electron chi connectivity index (χ0n) is 10.4. The van der Waals surface area contributed by atoms with E-state index >= 15 is 0 Å². The molecule has 1 heterocycles. The fourth-order valence-corrected chi connectivity index (χ4v) is 2.20. The smallest absolute Gasteiger partial charge is 0.303 e. The number of piperidine rings is 1. The van der Waals surface area contributed by atoms with Crippen LogP contribution in [0.2, 0.25) is 0 Å². The third-order valence-corrected chi connectivity index (χ3v) is 3.16. The summed E-state index contributed by atoms with van der Waals surface area (Å²) in [5.74, 6) is -0.300. The molecule has 98 valence electrons. The Balaban J connectivity index is 2.32. The number of hydrogen-bond donors (Lipinski definition) is 1. The highest BCUT2D eigenvalue weighted by Crippen LogP contribution is 2.21. The predicted octanol–water partition coefficient (Wildman–Crippen LogP) is 1.13. The average Bonchev–Trinajstić information content (AvgIpc) is 2.33. The lowest BCUT2D eigenvalue weighted by atomic mass is 9.93. The number of carboxylic acid groups (broad SMARTS) is 1. The first kappa shape index (κ1) is 14.0. The van der Waals surface area contributed by atoms with Crippen LogP contribution in [0.5, 0.6) is 0 Å². The van der Waals surface area contributed by atoms with Crippen LogP contribution in [0.1, 0.15) is 32.1 Å². The normalized spacial score (nSPS) is 20.3. The Labute approximate surface area is 102 Å². The molecule has 0 aliphatic carbocycles. The summed E-state index contributed by atoms with van der Waals surface area (Å²) in [5.41, 5.74) is 0. The first-order valence-electron chi connectivity index (χ1n) is 6.12. The number of nitrogens with zero attached hydrogens (tertiary/aromatic N) is 1. The Morgan fingerprint density at radius 3 is 2.82 bits per heavy atom. The Kier molecular flexibility index (Phi) is 5.97. The minimum Gasteiger partial charge on any atom is -0.481 e. The van der Waals surface area contributed by atoms with E-state index in [1.165, 1.54) is 0 Å². The summed E-state index contributed by atoms with van der Waals surface area (Å²) in [6, 6.07) is 0. The molecule has 1 aliphatic heterocycles. The van der Waals surface area contributed by atoms with E-state index in [9.17, 15) is 9.59 Å². The third kappa shape index (κ3) is 5.17. The van der Waals surface area contributed by atoms with Gasteiger partial charge in [-0.2, -0.15) is 0 Å². The standard InChI is InChI=1S/C12H21NO4/c1-17-8-6-11(14)13-7-2-3-10(9-13)4-5-12(15)16/h10H,2-9H2,1H3,(H,15,16)/t10-/m0/s1. The molecule has 0 aromatic carbocycles. The monoisotopic (exact) mass is 243 g/mol. The van der Waals surface area contributed by atoms with Gasteiger partial charge in [0.25, 0.3) is 0 Å². The molecule has 5 nitrogen and oxygen atoms in total. The van der Waals surface area contributed by atoms with E-state index in [4.69, 9.17) is 9.84 Å². The second kappa shape index (κ2) is 7.27. The fraction of sp³-hybridized carbons (Fsp3) is 0.833. The molecule has 1 amide bonds. The van der Waals surface area contributed by atoms with Gasteiger partial charge in [-0.15, -0.1) is 0 Å². The van der Waals surface area contributed by atoms with Gasteiger partial charge in [-0.25, -0.2) is 0 Å². The van der Waals surface area contributed by atoms with E-state index in [2.05, 4.69) is 0 Å². The van der Waals surface area contributed by atoms with Crippen LogP contribution in [0.4, 0.5) is 0 Å². The van der Waals surface area contributed by atoms with Gasteiger partial charge in [0.05, 0.1) is 13.0 Å². The predicted molar refractivity (Wildman–Crippen MR) is 62.7 cm³/mol. The highest BCUT2D eigenvalue weighted by atomic mass is 16.5.